The number of amides is 1. The first kappa shape index (κ1) is 25.3. The topological polar surface area (TPSA) is 83.1 Å². The number of unbranched alkanes of at least 4 members (excludes halogenated alkanes) is 1. The Hall–Kier alpha value is -1.74. The molecule has 0 heterocycles. The van der Waals surface area contributed by atoms with Gasteiger partial charge in [-0.1, -0.05) is 0 Å². The SMILES string of the molecule is CCOP(OCC)OCCCCOC(=O)c1ccc(C(F)(F)F)cc1NC(C)=O. The summed E-state index contributed by atoms with van der Waals surface area (Å²) in [4.78, 5) is 23.4. The number of rotatable bonds is 12. The zero-order valence-electron chi connectivity index (χ0n) is 16.5. The van der Waals surface area contributed by atoms with Crippen molar-refractivity contribution in [1.82, 2.24) is 0 Å². The molecule has 0 saturated heterocycles. The fourth-order valence-electron chi connectivity index (χ4n) is 2.10. The first-order valence-corrected chi connectivity index (χ1v) is 10.1. The van der Waals surface area contributed by atoms with Crippen molar-refractivity contribution in [1.29, 1.82) is 0 Å². The van der Waals surface area contributed by atoms with Gasteiger partial charge in [-0.15, -0.1) is 0 Å². The number of carbonyl (C=O) groups is 2. The van der Waals surface area contributed by atoms with Gasteiger partial charge < -0.3 is 23.6 Å². The molecule has 164 valence electrons. The Bertz CT molecular complexity index is 665. The minimum absolute atomic E-state index is 0.0456. The molecule has 0 saturated carbocycles. The first-order valence-electron chi connectivity index (χ1n) is 9.03. The zero-order valence-corrected chi connectivity index (χ0v) is 17.4. The van der Waals surface area contributed by atoms with Gasteiger partial charge in [0.05, 0.1) is 43.2 Å². The maximum atomic E-state index is 12.9. The second-order valence-corrected chi connectivity index (χ2v) is 6.90. The molecule has 0 unspecified atom stereocenters. The summed E-state index contributed by atoms with van der Waals surface area (Å²) in [6.07, 6.45) is -3.56. The Kier molecular flexibility index (Phi) is 11.1. The van der Waals surface area contributed by atoms with Gasteiger partial charge in [0, 0.05) is 6.92 Å². The van der Waals surface area contributed by atoms with Crippen LogP contribution in [0.4, 0.5) is 18.9 Å². The van der Waals surface area contributed by atoms with Crippen LogP contribution in [-0.2, 0) is 29.3 Å². The summed E-state index contributed by atoms with van der Waals surface area (Å²) in [7, 11) is -1.40. The number of benzene rings is 1. The summed E-state index contributed by atoms with van der Waals surface area (Å²) in [5.74, 6) is -1.43. The summed E-state index contributed by atoms with van der Waals surface area (Å²) >= 11 is 0. The van der Waals surface area contributed by atoms with E-state index in [0.717, 1.165) is 19.1 Å². The van der Waals surface area contributed by atoms with Crippen LogP contribution < -0.4 is 5.32 Å². The highest BCUT2D eigenvalue weighted by molar-refractivity contribution is 7.41. The third-order valence-electron chi connectivity index (χ3n) is 3.32. The van der Waals surface area contributed by atoms with Crippen molar-refractivity contribution in [2.75, 3.05) is 31.7 Å². The highest BCUT2D eigenvalue weighted by Gasteiger charge is 2.31. The Morgan fingerprint density at radius 3 is 2.21 bits per heavy atom. The highest BCUT2D eigenvalue weighted by atomic mass is 31.2. The van der Waals surface area contributed by atoms with Crippen molar-refractivity contribution < 1.29 is 41.1 Å². The van der Waals surface area contributed by atoms with Crippen LogP contribution in [0.15, 0.2) is 18.2 Å². The minimum atomic E-state index is -4.60. The average molecular weight is 439 g/mol. The lowest BCUT2D eigenvalue weighted by Gasteiger charge is -2.15. The van der Waals surface area contributed by atoms with Crippen LogP contribution in [0.2, 0.25) is 0 Å². The Morgan fingerprint density at radius 1 is 1.03 bits per heavy atom. The van der Waals surface area contributed by atoms with E-state index in [9.17, 15) is 22.8 Å². The van der Waals surface area contributed by atoms with Gasteiger partial charge in [-0.2, -0.15) is 13.2 Å². The summed E-state index contributed by atoms with van der Waals surface area (Å²) < 4.78 is 59.7. The van der Waals surface area contributed by atoms with Crippen LogP contribution in [0.25, 0.3) is 0 Å². The Balaban J connectivity index is 2.56. The molecule has 0 spiro atoms. The average Bonchev–Trinajstić information content (AvgIpc) is 2.63. The number of carbonyl (C=O) groups excluding carboxylic acids is 2. The van der Waals surface area contributed by atoms with E-state index in [1.807, 2.05) is 13.8 Å². The van der Waals surface area contributed by atoms with Crippen molar-refractivity contribution in [3.8, 4) is 0 Å². The second-order valence-electron chi connectivity index (χ2n) is 5.67. The molecule has 1 amide bonds. The second kappa shape index (κ2) is 12.7. The molecule has 0 aromatic heterocycles. The number of hydrogen-bond acceptors (Lipinski definition) is 6. The molecule has 11 heteroatoms. The van der Waals surface area contributed by atoms with E-state index in [1.165, 1.54) is 0 Å². The van der Waals surface area contributed by atoms with Crippen molar-refractivity contribution in [3.05, 3.63) is 29.3 Å². The van der Waals surface area contributed by atoms with Gasteiger partial charge in [-0.3, -0.25) is 4.79 Å². The number of ether oxygens (including phenoxy) is 1. The number of halogens is 3. The highest BCUT2D eigenvalue weighted by Crippen LogP contribution is 2.39. The van der Waals surface area contributed by atoms with E-state index < -0.39 is 32.2 Å². The van der Waals surface area contributed by atoms with Crippen LogP contribution in [0.3, 0.4) is 0 Å². The van der Waals surface area contributed by atoms with Gasteiger partial charge in [-0.05, 0) is 44.9 Å². The molecule has 0 atom stereocenters. The van der Waals surface area contributed by atoms with Gasteiger partial charge in [0.15, 0.2) is 0 Å². The van der Waals surface area contributed by atoms with Gasteiger partial charge in [0.1, 0.15) is 0 Å². The zero-order chi connectivity index (χ0) is 21.9. The maximum absolute atomic E-state index is 12.9. The van der Waals surface area contributed by atoms with Crippen molar-refractivity contribution >= 4 is 26.2 Å². The first-order chi connectivity index (χ1) is 13.7. The molecule has 1 rings (SSSR count). The lowest BCUT2D eigenvalue weighted by molar-refractivity contribution is -0.137. The van der Waals surface area contributed by atoms with Gasteiger partial charge >= 0.3 is 20.7 Å². The Labute approximate surface area is 168 Å². The molecule has 29 heavy (non-hydrogen) atoms. The molecule has 1 aromatic carbocycles. The molecule has 0 bridgehead atoms. The third-order valence-corrected chi connectivity index (χ3v) is 4.65. The number of nitrogens with one attached hydrogen (secondary N) is 1. The molecule has 0 aliphatic rings. The predicted octanol–water partition coefficient (Wildman–Crippen LogP) is 4.92. The van der Waals surface area contributed by atoms with Gasteiger partial charge in [0.2, 0.25) is 5.91 Å². The van der Waals surface area contributed by atoms with Crippen molar-refractivity contribution in [3.63, 3.8) is 0 Å². The van der Waals surface area contributed by atoms with Crippen LogP contribution in [0.1, 0.15) is 49.5 Å². The third kappa shape index (κ3) is 9.54. The summed E-state index contributed by atoms with van der Waals surface area (Å²) in [5.41, 5.74) is -1.38. The minimum Gasteiger partial charge on any atom is -0.462 e. The molecule has 0 radical (unpaired) electrons. The standard InChI is InChI=1S/C18H25F3NO6P/c1-4-26-29(27-5-2)28-11-7-6-10-25-17(24)15-9-8-14(18(19,20)21)12-16(15)22-13(3)23/h8-9,12H,4-7,10-11H2,1-3H3,(H,22,23). The predicted molar refractivity (Wildman–Crippen MR) is 101 cm³/mol. The van der Waals surface area contributed by atoms with E-state index in [2.05, 4.69) is 5.32 Å². The number of alkyl halides is 3. The fraction of sp³-hybridized carbons (Fsp3) is 0.556. The van der Waals surface area contributed by atoms with Crippen molar-refractivity contribution in [2.24, 2.45) is 0 Å². The molecule has 0 aliphatic carbocycles. The smallest absolute Gasteiger partial charge is 0.416 e. The van der Waals surface area contributed by atoms with E-state index in [4.69, 9.17) is 18.3 Å². The molecule has 0 fully saturated rings. The number of anilines is 1. The monoisotopic (exact) mass is 439 g/mol. The van der Waals surface area contributed by atoms with Crippen molar-refractivity contribution in [2.45, 2.75) is 39.8 Å². The summed E-state index contributed by atoms with van der Waals surface area (Å²) in [6.45, 7) is 6.11. The lowest BCUT2D eigenvalue weighted by atomic mass is 10.1. The quantitative estimate of drug-likeness (QED) is 0.283. The Morgan fingerprint density at radius 2 is 1.66 bits per heavy atom. The van der Waals surface area contributed by atoms with E-state index in [1.54, 1.807) is 0 Å². The normalized spacial score (nSPS) is 11.6. The fourth-order valence-corrected chi connectivity index (χ4v) is 3.02. The molecule has 7 nitrogen and oxygen atoms in total. The number of esters is 1. The molecule has 1 N–H and O–H groups in total. The van der Waals surface area contributed by atoms with Crippen LogP contribution in [0, 0.1) is 0 Å². The van der Waals surface area contributed by atoms with E-state index in [-0.39, 0.29) is 17.9 Å². The molecule has 0 aliphatic heterocycles. The van der Waals surface area contributed by atoms with Crippen LogP contribution in [-0.4, -0.2) is 38.3 Å². The lowest BCUT2D eigenvalue weighted by Crippen LogP contribution is -2.15. The van der Waals surface area contributed by atoms with Crippen LogP contribution >= 0.6 is 8.60 Å². The molecular formula is C18H25F3NO6P. The van der Waals surface area contributed by atoms with Crippen LogP contribution in [0.5, 0.6) is 0 Å². The molecular weight excluding hydrogens is 414 g/mol. The number of hydrogen-bond donors (Lipinski definition) is 1. The van der Waals surface area contributed by atoms with Gasteiger partial charge in [-0.25, -0.2) is 4.79 Å². The summed E-state index contributed by atoms with van der Waals surface area (Å²) in [6, 6.07) is 2.45. The van der Waals surface area contributed by atoms with E-state index >= 15 is 0 Å². The maximum Gasteiger partial charge on any atom is 0.416 e. The van der Waals surface area contributed by atoms with E-state index in [0.29, 0.717) is 38.7 Å². The van der Waals surface area contributed by atoms with Gasteiger partial charge in [0.25, 0.3) is 0 Å². The summed E-state index contributed by atoms with van der Waals surface area (Å²) in [5, 5.41) is 2.23. The molecule has 1 aromatic rings. The largest absolute Gasteiger partial charge is 0.462 e.